The Kier molecular flexibility index (Phi) is 13.9. The number of aromatic nitrogens is 2. The number of nitrogens with zero attached hydrogens (tertiary/aromatic N) is 2. The summed E-state index contributed by atoms with van der Waals surface area (Å²) in [5.41, 5.74) is 6.00. The summed E-state index contributed by atoms with van der Waals surface area (Å²) < 4.78 is 31.0. The van der Waals surface area contributed by atoms with E-state index in [1.807, 2.05) is 13.1 Å². The lowest BCUT2D eigenvalue weighted by atomic mass is 10.1. The van der Waals surface area contributed by atoms with Gasteiger partial charge in [-0.25, -0.2) is 4.79 Å². The summed E-state index contributed by atoms with van der Waals surface area (Å²) in [5.74, 6) is 0.600. The van der Waals surface area contributed by atoms with Crippen LogP contribution < -0.4 is 16.7 Å². The van der Waals surface area contributed by atoms with Crippen LogP contribution in [0, 0.1) is 6.92 Å². The van der Waals surface area contributed by atoms with Crippen molar-refractivity contribution in [1.82, 2.24) is 9.55 Å². The van der Waals surface area contributed by atoms with Gasteiger partial charge in [0.1, 0.15) is 12.0 Å². The van der Waals surface area contributed by atoms with E-state index in [2.05, 4.69) is 51.1 Å². The number of nitrogens with two attached hydrogens (primary N) is 1. The van der Waals surface area contributed by atoms with E-state index >= 15 is 0 Å². The Balaban J connectivity index is 1.76. The summed E-state index contributed by atoms with van der Waals surface area (Å²) >= 11 is 0. The first-order valence-electron chi connectivity index (χ1n) is 14.1. The Hall–Kier alpha value is -1.34. The van der Waals surface area contributed by atoms with E-state index in [1.54, 1.807) is 4.57 Å². The van der Waals surface area contributed by atoms with Crippen LogP contribution in [0.4, 0.5) is 5.82 Å². The molecule has 38 heavy (non-hydrogen) atoms. The molecular formula is C27H52N4O6Si. The molecule has 0 spiro atoms. The van der Waals surface area contributed by atoms with Crippen LogP contribution in [0.3, 0.4) is 0 Å². The van der Waals surface area contributed by atoms with Crippen molar-refractivity contribution in [2.75, 3.05) is 58.0 Å². The van der Waals surface area contributed by atoms with Gasteiger partial charge in [0.05, 0.1) is 38.6 Å². The quantitative estimate of drug-likeness (QED) is 0.205. The van der Waals surface area contributed by atoms with Gasteiger partial charge in [0.2, 0.25) is 0 Å². The zero-order valence-electron chi connectivity index (χ0n) is 24.7. The van der Waals surface area contributed by atoms with Crippen LogP contribution in [0.15, 0.2) is 11.0 Å². The first-order chi connectivity index (χ1) is 18.0. The number of anilines is 1. The zero-order valence-corrected chi connectivity index (χ0v) is 25.7. The summed E-state index contributed by atoms with van der Waals surface area (Å²) in [6.07, 6.45) is 4.59. The van der Waals surface area contributed by atoms with Gasteiger partial charge in [-0.1, -0.05) is 27.7 Å². The summed E-state index contributed by atoms with van der Waals surface area (Å²) in [6, 6.07) is 0. The maximum atomic E-state index is 12.9. The van der Waals surface area contributed by atoms with Crippen molar-refractivity contribution in [2.24, 2.45) is 5.73 Å². The van der Waals surface area contributed by atoms with E-state index < -0.39 is 8.32 Å². The molecule has 10 nitrogen and oxygen atoms in total. The lowest BCUT2D eigenvalue weighted by molar-refractivity contribution is -0.0197. The van der Waals surface area contributed by atoms with Crippen molar-refractivity contribution in [3.63, 3.8) is 0 Å². The molecule has 1 aromatic heterocycles. The van der Waals surface area contributed by atoms with Gasteiger partial charge in [0.15, 0.2) is 8.32 Å². The highest BCUT2D eigenvalue weighted by Crippen LogP contribution is 2.41. The third kappa shape index (κ3) is 10.3. The Labute approximate surface area is 230 Å². The molecule has 1 saturated heterocycles. The van der Waals surface area contributed by atoms with Gasteiger partial charge in [0, 0.05) is 37.9 Å². The van der Waals surface area contributed by atoms with Crippen LogP contribution in [0.2, 0.25) is 18.1 Å². The largest absolute Gasteiger partial charge is 0.411 e. The Morgan fingerprint density at radius 3 is 2.29 bits per heavy atom. The monoisotopic (exact) mass is 556 g/mol. The minimum absolute atomic E-state index is 0.0176. The average molecular weight is 557 g/mol. The minimum Gasteiger partial charge on any atom is -0.411 e. The fourth-order valence-electron chi connectivity index (χ4n) is 3.97. The van der Waals surface area contributed by atoms with Gasteiger partial charge < -0.3 is 34.4 Å². The predicted octanol–water partition coefficient (Wildman–Crippen LogP) is 3.84. The first kappa shape index (κ1) is 32.9. The number of hydrogen-bond acceptors (Lipinski definition) is 9. The lowest BCUT2D eigenvalue weighted by Crippen LogP contribution is -2.45. The second kappa shape index (κ2) is 16.0. The van der Waals surface area contributed by atoms with Crippen LogP contribution in [0.25, 0.3) is 0 Å². The Bertz CT molecular complexity index is 876. The van der Waals surface area contributed by atoms with Crippen molar-refractivity contribution in [1.29, 1.82) is 0 Å². The van der Waals surface area contributed by atoms with E-state index in [1.165, 1.54) is 0 Å². The normalized spacial score (nSPS) is 20.3. The molecule has 3 N–H and O–H groups in total. The number of aryl methyl sites for hydroxylation is 1. The second-order valence-corrected chi connectivity index (χ2v) is 16.2. The van der Waals surface area contributed by atoms with Gasteiger partial charge in [0.25, 0.3) is 0 Å². The van der Waals surface area contributed by atoms with Crippen molar-refractivity contribution in [2.45, 2.75) is 96.9 Å². The van der Waals surface area contributed by atoms with Gasteiger partial charge in [-0.3, -0.25) is 4.57 Å². The molecule has 0 saturated carbocycles. The summed E-state index contributed by atoms with van der Waals surface area (Å²) in [5, 5.41) is 3.38. The summed E-state index contributed by atoms with van der Waals surface area (Å²) in [6.45, 7) is 20.1. The topological polar surface area (TPSA) is 119 Å². The zero-order chi connectivity index (χ0) is 28.2. The highest BCUT2D eigenvalue weighted by molar-refractivity contribution is 6.74. The molecule has 0 aliphatic carbocycles. The molecule has 1 aromatic rings. The van der Waals surface area contributed by atoms with Crippen molar-refractivity contribution in [3.05, 3.63) is 22.2 Å². The number of hydrogen-bond donors (Lipinski definition) is 2. The van der Waals surface area contributed by atoms with Crippen LogP contribution in [0.1, 0.15) is 65.2 Å². The maximum absolute atomic E-state index is 12.9. The molecule has 0 radical (unpaired) electrons. The van der Waals surface area contributed by atoms with Crippen LogP contribution in [-0.2, 0) is 23.4 Å². The second-order valence-electron chi connectivity index (χ2n) is 11.4. The van der Waals surface area contributed by atoms with E-state index in [-0.39, 0.29) is 29.2 Å². The molecule has 1 aliphatic heterocycles. The molecule has 3 unspecified atom stereocenters. The fourth-order valence-corrected chi connectivity index (χ4v) is 5.33. The molecule has 1 aliphatic rings. The van der Waals surface area contributed by atoms with E-state index in [0.717, 1.165) is 24.8 Å². The molecule has 1 fully saturated rings. The fraction of sp³-hybridized carbons (Fsp3) is 0.852. The molecule has 3 atom stereocenters. The van der Waals surface area contributed by atoms with Crippen LogP contribution in [0.5, 0.6) is 0 Å². The average Bonchev–Trinajstić information content (AvgIpc) is 3.24. The van der Waals surface area contributed by atoms with Crippen molar-refractivity contribution < 1.29 is 23.4 Å². The van der Waals surface area contributed by atoms with Gasteiger partial charge in [-0.2, -0.15) is 4.98 Å². The predicted molar refractivity (Wildman–Crippen MR) is 153 cm³/mol. The van der Waals surface area contributed by atoms with Crippen LogP contribution >= 0.6 is 0 Å². The van der Waals surface area contributed by atoms with E-state index in [4.69, 9.17) is 29.1 Å². The number of rotatable bonds is 18. The van der Waals surface area contributed by atoms with Crippen molar-refractivity contribution in [3.8, 4) is 0 Å². The standard InChI is InChI=1S/C27H52N4O6Si/c1-8-22-23(37-38(6,7)27(3,4)5)19-24(36-22)31-20-21(2)25(30-26(31)32)29-12-10-14-34-16-18-35-17-15-33-13-9-11-28/h20,22-24H,8-19,28H2,1-7H3,(H,29,30,32). The third-order valence-corrected chi connectivity index (χ3v) is 11.8. The Morgan fingerprint density at radius 1 is 1.11 bits per heavy atom. The summed E-state index contributed by atoms with van der Waals surface area (Å²) in [4.78, 5) is 17.2. The van der Waals surface area contributed by atoms with Gasteiger partial charge in [-0.15, -0.1) is 0 Å². The first-order valence-corrected chi connectivity index (χ1v) is 17.0. The highest BCUT2D eigenvalue weighted by Gasteiger charge is 2.44. The molecular weight excluding hydrogens is 504 g/mol. The van der Waals surface area contributed by atoms with E-state index in [0.29, 0.717) is 65.0 Å². The van der Waals surface area contributed by atoms with Crippen LogP contribution in [-0.4, -0.2) is 82.8 Å². The van der Waals surface area contributed by atoms with Gasteiger partial charge in [-0.05, 0) is 50.9 Å². The summed E-state index contributed by atoms with van der Waals surface area (Å²) in [7, 11) is -1.95. The number of nitrogens with one attached hydrogen (secondary N) is 1. The molecule has 220 valence electrons. The minimum atomic E-state index is -1.95. The molecule has 2 heterocycles. The molecule has 0 bridgehead atoms. The SMILES string of the molecule is CCC1OC(n2cc(C)c(NCCCOCCOCCOCCCN)nc2=O)CC1O[Si](C)(C)C(C)(C)C. The molecule has 0 amide bonds. The molecule has 0 aromatic carbocycles. The lowest BCUT2D eigenvalue weighted by Gasteiger charge is -2.39. The highest BCUT2D eigenvalue weighted by atomic mass is 28.4. The smallest absolute Gasteiger partial charge is 0.351 e. The third-order valence-electron chi connectivity index (χ3n) is 7.27. The maximum Gasteiger partial charge on any atom is 0.351 e. The van der Waals surface area contributed by atoms with Crippen molar-refractivity contribution >= 4 is 14.1 Å². The number of ether oxygens (including phenoxy) is 4. The van der Waals surface area contributed by atoms with Gasteiger partial charge >= 0.3 is 5.69 Å². The molecule has 2 rings (SSSR count). The van der Waals surface area contributed by atoms with E-state index in [9.17, 15) is 4.79 Å². The molecule has 11 heteroatoms. The Morgan fingerprint density at radius 2 is 1.71 bits per heavy atom.